The lowest BCUT2D eigenvalue weighted by Gasteiger charge is -2.24. The summed E-state index contributed by atoms with van der Waals surface area (Å²) < 4.78 is 1.08. The number of carbonyl (C=O) groups is 1. The van der Waals surface area contributed by atoms with Gasteiger partial charge in [-0.2, -0.15) is 0 Å². The van der Waals surface area contributed by atoms with Crippen LogP contribution >= 0.6 is 28.3 Å². The summed E-state index contributed by atoms with van der Waals surface area (Å²) in [5.74, 6) is 0.0666. The maximum absolute atomic E-state index is 12.6. The van der Waals surface area contributed by atoms with Gasteiger partial charge in [0.1, 0.15) is 0 Å². The SMILES string of the molecule is CN(CC1(c2ccc(Br)cc2)CC1)C(=O)c1ccc(CN)cc1.Cl. The fourth-order valence-corrected chi connectivity index (χ4v) is 3.29. The third-order valence-corrected chi connectivity index (χ3v) is 5.16. The second-order valence-corrected chi connectivity index (χ2v) is 7.27. The number of benzene rings is 2. The van der Waals surface area contributed by atoms with Gasteiger partial charge >= 0.3 is 0 Å². The maximum Gasteiger partial charge on any atom is 0.253 e. The molecule has 0 heterocycles. The summed E-state index contributed by atoms with van der Waals surface area (Å²) in [6.07, 6.45) is 2.27. The van der Waals surface area contributed by atoms with Gasteiger partial charge in [-0.15, -0.1) is 12.4 Å². The first-order chi connectivity index (χ1) is 11.0. The van der Waals surface area contributed by atoms with Crippen molar-refractivity contribution < 1.29 is 4.79 Å². The van der Waals surface area contributed by atoms with Gasteiger partial charge in [-0.05, 0) is 48.2 Å². The molecule has 2 aromatic rings. The highest BCUT2D eigenvalue weighted by Crippen LogP contribution is 2.48. The van der Waals surface area contributed by atoms with Crippen molar-refractivity contribution in [1.82, 2.24) is 4.90 Å². The number of nitrogens with two attached hydrogens (primary N) is 1. The van der Waals surface area contributed by atoms with Crippen LogP contribution in [0.25, 0.3) is 0 Å². The topological polar surface area (TPSA) is 46.3 Å². The zero-order valence-electron chi connectivity index (χ0n) is 13.7. The molecule has 0 aromatic heterocycles. The van der Waals surface area contributed by atoms with E-state index < -0.39 is 0 Å². The Labute approximate surface area is 157 Å². The average molecular weight is 410 g/mol. The molecule has 1 saturated carbocycles. The van der Waals surface area contributed by atoms with E-state index in [1.54, 1.807) is 0 Å². The number of halogens is 2. The van der Waals surface area contributed by atoms with Gasteiger partial charge in [-0.25, -0.2) is 0 Å². The highest BCUT2D eigenvalue weighted by atomic mass is 79.9. The third kappa shape index (κ3) is 4.00. The van der Waals surface area contributed by atoms with Gasteiger partial charge in [0, 0.05) is 35.6 Å². The van der Waals surface area contributed by atoms with Gasteiger partial charge in [0.2, 0.25) is 0 Å². The Bertz CT molecular complexity index is 696. The van der Waals surface area contributed by atoms with E-state index in [1.165, 1.54) is 5.56 Å². The first-order valence-electron chi connectivity index (χ1n) is 7.85. The first-order valence-corrected chi connectivity index (χ1v) is 8.64. The molecule has 0 bridgehead atoms. The van der Waals surface area contributed by atoms with Crippen LogP contribution in [0.4, 0.5) is 0 Å². The molecule has 24 heavy (non-hydrogen) atoms. The van der Waals surface area contributed by atoms with Crippen molar-refractivity contribution in [3.63, 3.8) is 0 Å². The van der Waals surface area contributed by atoms with Gasteiger partial charge in [0.25, 0.3) is 5.91 Å². The van der Waals surface area contributed by atoms with Crippen LogP contribution < -0.4 is 5.73 Å². The standard InChI is InChI=1S/C19H21BrN2O.ClH/c1-22(18(23)15-4-2-14(12-21)3-5-15)13-19(10-11-19)16-6-8-17(20)9-7-16;/h2-9H,10-13,21H2,1H3;1H. The van der Waals surface area contributed by atoms with Crippen molar-refractivity contribution in [2.24, 2.45) is 5.73 Å². The lowest BCUT2D eigenvalue weighted by molar-refractivity contribution is 0.0781. The fraction of sp³-hybridized carbons (Fsp3) is 0.316. The van der Waals surface area contributed by atoms with Crippen molar-refractivity contribution in [2.45, 2.75) is 24.8 Å². The number of carbonyl (C=O) groups excluding carboxylic acids is 1. The lowest BCUT2D eigenvalue weighted by Crippen LogP contribution is -2.34. The minimum Gasteiger partial charge on any atom is -0.341 e. The Hall–Kier alpha value is -1.36. The molecule has 3 nitrogen and oxygen atoms in total. The number of nitrogens with zero attached hydrogens (tertiary/aromatic N) is 1. The van der Waals surface area contributed by atoms with Crippen molar-refractivity contribution >= 4 is 34.2 Å². The number of likely N-dealkylation sites (N-methyl/N-ethyl adjacent to an activating group) is 1. The van der Waals surface area contributed by atoms with Crippen molar-refractivity contribution in [2.75, 3.05) is 13.6 Å². The molecule has 128 valence electrons. The highest BCUT2D eigenvalue weighted by Gasteiger charge is 2.45. The summed E-state index contributed by atoms with van der Waals surface area (Å²) in [6, 6.07) is 16.0. The van der Waals surface area contributed by atoms with Crippen LogP contribution in [0.15, 0.2) is 53.0 Å². The van der Waals surface area contributed by atoms with Gasteiger partial charge < -0.3 is 10.6 Å². The number of hydrogen-bond donors (Lipinski definition) is 1. The summed E-state index contributed by atoms with van der Waals surface area (Å²) >= 11 is 3.48. The van der Waals surface area contributed by atoms with Crippen LogP contribution in [0.3, 0.4) is 0 Å². The molecule has 1 amide bonds. The van der Waals surface area contributed by atoms with E-state index >= 15 is 0 Å². The van der Waals surface area contributed by atoms with E-state index in [0.717, 1.165) is 35.0 Å². The number of hydrogen-bond acceptors (Lipinski definition) is 2. The van der Waals surface area contributed by atoms with E-state index in [2.05, 4.69) is 40.2 Å². The molecule has 2 aromatic carbocycles. The van der Waals surface area contributed by atoms with Crippen LogP contribution in [-0.2, 0) is 12.0 Å². The summed E-state index contributed by atoms with van der Waals surface area (Å²) in [6.45, 7) is 1.25. The Morgan fingerprint density at radius 1 is 1.12 bits per heavy atom. The Morgan fingerprint density at radius 3 is 2.21 bits per heavy atom. The predicted octanol–water partition coefficient (Wildman–Crippen LogP) is 4.13. The molecule has 0 spiro atoms. The normalized spacial score (nSPS) is 14.6. The van der Waals surface area contributed by atoms with Crippen LogP contribution in [0.1, 0.15) is 34.3 Å². The molecule has 1 fully saturated rings. The molecule has 0 aliphatic heterocycles. The van der Waals surface area contributed by atoms with E-state index in [-0.39, 0.29) is 23.7 Å². The quantitative estimate of drug-likeness (QED) is 0.807. The van der Waals surface area contributed by atoms with Crippen molar-refractivity contribution in [1.29, 1.82) is 0 Å². The summed E-state index contributed by atoms with van der Waals surface area (Å²) in [5.41, 5.74) is 8.81. The minimum atomic E-state index is 0. The molecular weight excluding hydrogens is 388 g/mol. The van der Waals surface area contributed by atoms with Crippen LogP contribution in [-0.4, -0.2) is 24.4 Å². The van der Waals surface area contributed by atoms with Crippen LogP contribution in [0.2, 0.25) is 0 Å². The van der Waals surface area contributed by atoms with Crippen LogP contribution in [0.5, 0.6) is 0 Å². The molecule has 0 unspecified atom stereocenters. The largest absolute Gasteiger partial charge is 0.341 e. The fourth-order valence-electron chi connectivity index (χ4n) is 3.02. The van der Waals surface area contributed by atoms with E-state index in [0.29, 0.717) is 6.54 Å². The molecule has 5 heteroatoms. The van der Waals surface area contributed by atoms with E-state index in [9.17, 15) is 4.79 Å². The minimum absolute atomic E-state index is 0. The Balaban J connectivity index is 0.00000208. The average Bonchev–Trinajstić information content (AvgIpc) is 3.35. The second kappa shape index (κ2) is 7.68. The molecule has 3 rings (SSSR count). The summed E-state index contributed by atoms with van der Waals surface area (Å²) in [5, 5.41) is 0. The monoisotopic (exact) mass is 408 g/mol. The zero-order chi connectivity index (χ0) is 16.4. The molecule has 1 aliphatic carbocycles. The van der Waals surface area contributed by atoms with Crippen molar-refractivity contribution in [3.8, 4) is 0 Å². The second-order valence-electron chi connectivity index (χ2n) is 6.35. The smallest absolute Gasteiger partial charge is 0.253 e. The Morgan fingerprint density at radius 2 is 1.71 bits per heavy atom. The summed E-state index contributed by atoms with van der Waals surface area (Å²) in [7, 11) is 1.89. The maximum atomic E-state index is 12.6. The molecular formula is C19H22BrClN2O. The van der Waals surface area contributed by atoms with E-state index in [4.69, 9.17) is 5.73 Å². The molecule has 1 aliphatic rings. The zero-order valence-corrected chi connectivity index (χ0v) is 16.1. The lowest BCUT2D eigenvalue weighted by atomic mass is 9.95. The molecule has 0 atom stereocenters. The van der Waals surface area contributed by atoms with Gasteiger partial charge in [0.15, 0.2) is 0 Å². The summed E-state index contributed by atoms with van der Waals surface area (Å²) in [4.78, 5) is 14.5. The van der Waals surface area contributed by atoms with Crippen LogP contribution in [0, 0.1) is 0 Å². The number of amides is 1. The van der Waals surface area contributed by atoms with Gasteiger partial charge in [0.05, 0.1) is 0 Å². The van der Waals surface area contributed by atoms with E-state index in [1.807, 2.05) is 36.2 Å². The first kappa shape index (κ1) is 19.0. The van der Waals surface area contributed by atoms with Gasteiger partial charge in [-0.3, -0.25) is 4.79 Å². The third-order valence-electron chi connectivity index (χ3n) is 4.63. The Kier molecular flexibility index (Phi) is 6.07. The number of rotatable bonds is 5. The predicted molar refractivity (Wildman–Crippen MR) is 104 cm³/mol. The molecule has 0 saturated heterocycles. The van der Waals surface area contributed by atoms with Crippen molar-refractivity contribution in [3.05, 3.63) is 69.7 Å². The highest BCUT2D eigenvalue weighted by molar-refractivity contribution is 9.10. The molecule has 2 N–H and O–H groups in total. The van der Waals surface area contributed by atoms with Gasteiger partial charge in [-0.1, -0.05) is 40.2 Å². The molecule has 0 radical (unpaired) electrons.